The molecular weight excluding hydrogens is 192 g/mol. The molecule has 0 spiro atoms. The number of hydrogen-bond acceptors (Lipinski definition) is 5. The lowest BCUT2D eigenvalue weighted by Crippen LogP contribution is -2.40. The van der Waals surface area contributed by atoms with Crippen LogP contribution in [0.3, 0.4) is 0 Å². The number of piperidine rings is 1. The van der Waals surface area contributed by atoms with Crippen LogP contribution in [0.5, 0.6) is 5.88 Å². The molecule has 0 amide bonds. The zero-order valence-corrected chi connectivity index (χ0v) is 8.89. The van der Waals surface area contributed by atoms with E-state index in [0.29, 0.717) is 11.9 Å². The fourth-order valence-electron chi connectivity index (χ4n) is 1.74. The van der Waals surface area contributed by atoms with Crippen LogP contribution in [0, 0.1) is 0 Å². The summed E-state index contributed by atoms with van der Waals surface area (Å²) in [5.74, 6) is 1.53. The van der Waals surface area contributed by atoms with Crippen molar-refractivity contribution in [3.8, 4) is 5.88 Å². The van der Waals surface area contributed by atoms with Gasteiger partial charge in [-0.2, -0.15) is 0 Å². The zero-order chi connectivity index (χ0) is 10.7. The molecule has 1 aromatic heterocycles. The summed E-state index contributed by atoms with van der Waals surface area (Å²) in [6.07, 6.45) is 3.57. The van der Waals surface area contributed by atoms with Gasteiger partial charge in [0.2, 0.25) is 5.88 Å². The number of aromatic nitrogens is 2. The predicted octanol–water partition coefficient (Wildman–Crippen LogP) is 0.413. The Hall–Kier alpha value is -1.36. The SMILES string of the molecule is COc1cc(N2CCC(N)CC2)ncn1. The highest BCUT2D eigenvalue weighted by molar-refractivity contribution is 5.41. The van der Waals surface area contributed by atoms with Crippen LogP contribution in [0.4, 0.5) is 5.82 Å². The summed E-state index contributed by atoms with van der Waals surface area (Å²) >= 11 is 0. The van der Waals surface area contributed by atoms with E-state index in [9.17, 15) is 0 Å². The maximum absolute atomic E-state index is 5.85. The van der Waals surface area contributed by atoms with Gasteiger partial charge in [-0.05, 0) is 12.8 Å². The van der Waals surface area contributed by atoms with E-state index in [4.69, 9.17) is 10.5 Å². The van der Waals surface area contributed by atoms with Gasteiger partial charge in [-0.25, -0.2) is 9.97 Å². The Morgan fingerprint density at radius 3 is 2.80 bits per heavy atom. The van der Waals surface area contributed by atoms with Crippen LogP contribution >= 0.6 is 0 Å². The monoisotopic (exact) mass is 208 g/mol. The van der Waals surface area contributed by atoms with Crippen molar-refractivity contribution in [3.05, 3.63) is 12.4 Å². The van der Waals surface area contributed by atoms with Gasteiger partial charge in [0.05, 0.1) is 7.11 Å². The number of ether oxygens (including phenoxy) is 1. The van der Waals surface area contributed by atoms with E-state index in [0.717, 1.165) is 31.7 Å². The van der Waals surface area contributed by atoms with Crippen molar-refractivity contribution in [1.29, 1.82) is 0 Å². The van der Waals surface area contributed by atoms with Crippen molar-refractivity contribution in [3.63, 3.8) is 0 Å². The average Bonchev–Trinajstić information content (AvgIpc) is 2.30. The van der Waals surface area contributed by atoms with Crippen molar-refractivity contribution in [2.75, 3.05) is 25.1 Å². The Morgan fingerprint density at radius 2 is 2.13 bits per heavy atom. The molecule has 1 fully saturated rings. The lowest BCUT2D eigenvalue weighted by Gasteiger charge is -2.30. The van der Waals surface area contributed by atoms with Crippen LogP contribution in [-0.4, -0.2) is 36.2 Å². The third kappa shape index (κ3) is 2.36. The predicted molar refractivity (Wildman–Crippen MR) is 58.0 cm³/mol. The topological polar surface area (TPSA) is 64.3 Å². The van der Waals surface area contributed by atoms with E-state index < -0.39 is 0 Å². The standard InChI is InChI=1S/C10H16N4O/c1-15-10-6-9(12-7-13-10)14-4-2-8(11)3-5-14/h6-8H,2-5,11H2,1H3. The minimum Gasteiger partial charge on any atom is -0.481 e. The third-order valence-corrected chi connectivity index (χ3v) is 2.70. The average molecular weight is 208 g/mol. The smallest absolute Gasteiger partial charge is 0.218 e. The molecule has 0 bridgehead atoms. The summed E-state index contributed by atoms with van der Waals surface area (Å²) in [5, 5.41) is 0. The summed E-state index contributed by atoms with van der Waals surface area (Å²) in [5.41, 5.74) is 5.85. The van der Waals surface area contributed by atoms with Gasteiger partial charge < -0.3 is 15.4 Å². The number of anilines is 1. The van der Waals surface area contributed by atoms with E-state index >= 15 is 0 Å². The quantitative estimate of drug-likeness (QED) is 0.762. The van der Waals surface area contributed by atoms with Crippen LogP contribution < -0.4 is 15.4 Å². The number of nitrogens with zero attached hydrogens (tertiary/aromatic N) is 3. The molecule has 5 nitrogen and oxygen atoms in total. The second kappa shape index (κ2) is 4.44. The van der Waals surface area contributed by atoms with Gasteiger partial charge in [-0.15, -0.1) is 0 Å². The van der Waals surface area contributed by atoms with E-state index in [-0.39, 0.29) is 0 Å². The molecule has 0 aliphatic carbocycles. The number of hydrogen-bond donors (Lipinski definition) is 1. The molecule has 1 aliphatic heterocycles. The highest BCUT2D eigenvalue weighted by Crippen LogP contribution is 2.19. The summed E-state index contributed by atoms with van der Waals surface area (Å²) in [4.78, 5) is 10.4. The third-order valence-electron chi connectivity index (χ3n) is 2.70. The van der Waals surface area contributed by atoms with Crippen molar-refractivity contribution in [1.82, 2.24) is 9.97 Å². The molecule has 15 heavy (non-hydrogen) atoms. The summed E-state index contributed by atoms with van der Waals surface area (Å²) in [6, 6.07) is 2.20. The lowest BCUT2D eigenvalue weighted by molar-refractivity contribution is 0.396. The van der Waals surface area contributed by atoms with E-state index in [1.54, 1.807) is 7.11 Å². The molecule has 2 heterocycles. The van der Waals surface area contributed by atoms with Gasteiger partial charge in [0.1, 0.15) is 12.1 Å². The fourth-order valence-corrected chi connectivity index (χ4v) is 1.74. The van der Waals surface area contributed by atoms with Gasteiger partial charge >= 0.3 is 0 Å². The maximum atomic E-state index is 5.85. The zero-order valence-electron chi connectivity index (χ0n) is 8.89. The molecule has 1 aliphatic rings. The van der Waals surface area contributed by atoms with Crippen molar-refractivity contribution in [2.45, 2.75) is 18.9 Å². The Labute approximate surface area is 89.3 Å². The van der Waals surface area contributed by atoms with Crippen LogP contribution in [0.1, 0.15) is 12.8 Å². The molecule has 82 valence electrons. The first-order valence-corrected chi connectivity index (χ1v) is 5.16. The largest absolute Gasteiger partial charge is 0.481 e. The highest BCUT2D eigenvalue weighted by Gasteiger charge is 2.17. The minimum absolute atomic E-state index is 0.338. The highest BCUT2D eigenvalue weighted by atomic mass is 16.5. The molecule has 0 unspecified atom stereocenters. The van der Waals surface area contributed by atoms with Gasteiger partial charge in [-0.3, -0.25) is 0 Å². The molecule has 1 saturated heterocycles. The second-order valence-electron chi connectivity index (χ2n) is 3.74. The first-order valence-electron chi connectivity index (χ1n) is 5.16. The molecular formula is C10H16N4O. The number of rotatable bonds is 2. The summed E-state index contributed by atoms with van der Waals surface area (Å²) < 4.78 is 5.06. The van der Waals surface area contributed by atoms with Crippen LogP contribution in [-0.2, 0) is 0 Å². The Bertz CT molecular complexity index is 323. The molecule has 0 saturated carbocycles. The molecule has 2 N–H and O–H groups in total. The Kier molecular flexibility index (Phi) is 3.01. The maximum Gasteiger partial charge on any atom is 0.218 e. The molecule has 0 aromatic carbocycles. The first-order chi connectivity index (χ1) is 7.29. The number of nitrogens with two attached hydrogens (primary N) is 1. The molecule has 0 radical (unpaired) electrons. The lowest BCUT2D eigenvalue weighted by atomic mass is 10.1. The van der Waals surface area contributed by atoms with Gasteiger partial charge in [0, 0.05) is 25.2 Å². The molecule has 2 rings (SSSR count). The van der Waals surface area contributed by atoms with Crippen LogP contribution in [0.2, 0.25) is 0 Å². The van der Waals surface area contributed by atoms with Crippen molar-refractivity contribution in [2.24, 2.45) is 5.73 Å². The van der Waals surface area contributed by atoms with Gasteiger partial charge in [0.25, 0.3) is 0 Å². The Balaban J connectivity index is 2.08. The van der Waals surface area contributed by atoms with E-state index in [1.165, 1.54) is 6.33 Å². The summed E-state index contributed by atoms with van der Waals surface area (Å²) in [7, 11) is 1.61. The molecule has 5 heteroatoms. The minimum atomic E-state index is 0.338. The molecule has 0 atom stereocenters. The first kappa shape index (κ1) is 10.2. The van der Waals surface area contributed by atoms with Crippen LogP contribution in [0.15, 0.2) is 12.4 Å². The van der Waals surface area contributed by atoms with Crippen molar-refractivity contribution < 1.29 is 4.74 Å². The summed E-state index contributed by atoms with van der Waals surface area (Å²) in [6.45, 7) is 1.92. The second-order valence-corrected chi connectivity index (χ2v) is 3.74. The Morgan fingerprint density at radius 1 is 1.40 bits per heavy atom. The van der Waals surface area contributed by atoms with Crippen LogP contribution in [0.25, 0.3) is 0 Å². The van der Waals surface area contributed by atoms with Gasteiger partial charge in [0.15, 0.2) is 0 Å². The molecule has 1 aromatic rings. The van der Waals surface area contributed by atoms with Gasteiger partial charge in [-0.1, -0.05) is 0 Å². The van der Waals surface area contributed by atoms with E-state index in [1.807, 2.05) is 6.07 Å². The fraction of sp³-hybridized carbons (Fsp3) is 0.600. The number of methoxy groups -OCH3 is 1. The van der Waals surface area contributed by atoms with Crippen molar-refractivity contribution >= 4 is 5.82 Å². The normalized spacial score (nSPS) is 17.9. The van der Waals surface area contributed by atoms with E-state index in [2.05, 4.69) is 14.9 Å².